The normalized spacial score (nSPS) is 19.2. The molecule has 0 aromatic carbocycles. The maximum absolute atomic E-state index is 5.98. The summed E-state index contributed by atoms with van der Waals surface area (Å²) in [4.78, 5) is 2.50. The number of piperidine rings is 1. The van der Waals surface area contributed by atoms with Crippen molar-refractivity contribution in [2.75, 3.05) is 13.1 Å². The second-order valence-electron chi connectivity index (χ2n) is 5.44. The summed E-state index contributed by atoms with van der Waals surface area (Å²) in [7, 11) is 2.02. The number of rotatable bonds is 3. The van der Waals surface area contributed by atoms with Gasteiger partial charge in [-0.05, 0) is 61.6 Å². The van der Waals surface area contributed by atoms with Crippen LogP contribution in [0.5, 0.6) is 0 Å². The van der Waals surface area contributed by atoms with Gasteiger partial charge in [-0.15, -0.1) is 12.4 Å². The quantitative estimate of drug-likeness (QED) is 0.910. The molecule has 0 spiro atoms. The van der Waals surface area contributed by atoms with E-state index in [1.54, 1.807) is 0 Å². The summed E-state index contributed by atoms with van der Waals surface area (Å²) in [6.07, 6.45) is 2.43. The average molecular weight is 352 g/mol. The van der Waals surface area contributed by atoms with Crippen molar-refractivity contribution >= 4 is 28.3 Å². The molecule has 1 saturated heterocycles. The monoisotopic (exact) mass is 350 g/mol. The first-order valence-corrected chi connectivity index (χ1v) is 7.44. The van der Waals surface area contributed by atoms with Gasteiger partial charge in [0.25, 0.3) is 0 Å². The van der Waals surface area contributed by atoms with Gasteiger partial charge in [0.05, 0.1) is 15.9 Å². The largest absolute Gasteiger partial charge is 0.328 e. The van der Waals surface area contributed by atoms with Crippen LogP contribution in [0.2, 0.25) is 0 Å². The molecule has 1 aliphatic heterocycles. The van der Waals surface area contributed by atoms with E-state index in [1.807, 2.05) is 18.7 Å². The summed E-state index contributed by atoms with van der Waals surface area (Å²) in [6, 6.07) is 0.331. The molecule has 1 atom stereocenters. The molecule has 1 aromatic rings. The Bertz CT molecular complexity index is 411. The molecule has 0 saturated carbocycles. The van der Waals surface area contributed by atoms with Crippen molar-refractivity contribution in [1.82, 2.24) is 14.7 Å². The van der Waals surface area contributed by atoms with Crippen molar-refractivity contribution in [3.8, 4) is 0 Å². The zero-order chi connectivity index (χ0) is 13.3. The minimum Gasteiger partial charge on any atom is -0.328 e. The zero-order valence-corrected chi connectivity index (χ0v) is 14.3. The minimum absolute atomic E-state index is 0. The number of aryl methyl sites for hydroxylation is 2. The lowest BCUT2D eigenvalue weighted by atomic mass is 9.91. The summed E-state index contributed by atoms with van der Waals surface area (Å²) < 4.78 is 3.14. The van der Waals surface area contributed by atoms with E-state index in [0.29, 0.717) is 12.0 Å². The van der Waals surface area contributed by atoms with Gasteiger partial charge in [-0.2, -0.15) is 5.10 Å². The first kappa shape index (κ1) is 17.0. The number of halogens is 2. The van der Waals surface area contributed by atoms with Crippen molar-refractivity contribution in [1.29, 1.82) is 0 Å². The Kier molecular flexibility index (Phi) is 6.30. The lowest BCUT2D eigenvalue weighted by molar-refractivity contribution is 0.162. The lowest BCUT2D eigenvalue weighted by Gasteiger charge is -2.33. The SMILES string of the molecule is Cc1nn(C)c(CN2CCC(C(C)N)CC2)c1Br.Cl. The number of hydrogen-bond acceptors (Lipinski definition) is 3. The van der Waals surface area contributed by atoms with Crippen molar-refractivity contribution < 1.29 is 0 Å². The molecule has 2 N–H and O–H groups in total. The van der Waals surface area contributed by atoms with Gasteiger partial charge >= 0.3 is 0 Å². The molecule has 0 bridgehead atoms. The highest BCUT2D eigenvalue weighted by Gasteiger charge is 2.23. The van der Waals surface area contributed by atoms with Gasteiger partial charge in [-0.3, -0.25) is 9.58 Å². The third kappa shape index (κ3) is 3.94. The van der Waals surface area contributed by atoms with Gasteiger partial charge in [-0.1, -0.05) is 0 Å². The molecule has 1 aliphatic rings. The Morgan fingerprint density at radius 2 is 2.00 bits per heavy atom. The van der Waals surface area contributed by atoms with Gasteiger partial charge in [0, 0.05) is 19.6 Å². The Morgan fingerprint density at radius 1 is 1.42 bits per heavy atom. The predicted molar refractivity (Wildman–Crippen MR) is 84.5 cm³/mol. The van der Waals surface area contributed by atoms with Crippen molar-refractivity contribution in [2.24, 2.45) is 18.7 Å². The molecule has 1 aromatic heterocycles. The Hall–Kier alpha value is -0.100. The van der Waals surface area contributed by atoms with Crippen LogP contribution >= 0.6 is 28.3 Å². The topological polar surface area (TPSA) is 47.1 Å². The lowest BCUT2D eigenvalue weighted by Crippen LogP contribution is -2.39. The third-order valence-electron chi connectivity index (χ3n) is 4.01. The van der Waals surface area contributed by atoms with E-state index in [9.17, 15) is 0 Å². The number of likely N-dealkylation sites (tertiary alicyclic amines) is 1. The Balaban J connectivity index is 0.00000180. The summed E-state index contributed by atoms with van der Waals surface area (Å²) in [5, 5.41) is 4.44. The highest BCUT2D eigenvalue weighted by Crippen LogP contribution is 2.25. The molecule has 0 amide bonds. The fourth-order valence-corrected chi connectivity index (χ4v) is 3.16. The molecular formula is C13H24BrClN4. The van der Waals surface area contributed by atoms with E-state index < -0.39 is 0 Å². The first-order valence-electron chi connectivity index (χ1n) is 6.65. The van der Waals surface area contributed by atoms with Gasteiger partial charge in [0.15, 0.2) is 0 Å². The van der Waals surface area contributed by atoms with Crippen molar-refractivity contribution in [2.45, 2.75) is 39.3 Å². The summed E-state index contributed by atoms with van der Waals surface area (Å²) in [5.74, 6) is 0.693. The van der Waals surface area contributed by atoms with Crippen LogP contribution < -0.4 is 5.73 Å². The number of nitrogens with zero attached hydrogens (tertiary/aromatic N) is 3. The molecule has 2 heterocycles. The van der Waals surface area contributed by atoms with Crippen LogP contribution in [-0.4, -0.2) is 33.8 Å². The molecule has 2 rings (SSSR count). The van der Waals surface area contributed by atoms with Gasteiger partial charge in [-0.25, -0.2) is 0 Å². The maximum Gasteiger partial charge on any atom is 0.0739 e. The average Bonchev–Trinajstić information content (AvgIpc) is 2.57. The van der Waals surface area contributed by atoms with E-state index in [4.69, 9.17) is 5.73 Å². The van der Waals surface area contributed by atoms with Crippen LogP contribution in [0.15, 0.2) is 4.47 Å². The van der Waals surface area contributed by atoms with E-state index in [2.05, 4.69) is 32.9 Å². The second-order valence-corrected chi connectivity index (χ2v) is 6.24. The van der Waals surface area contributed by atoms with Crippen molar-refractivity contribution in [3.05, 3.63) is 15.9 Å². The van der Waals surface area contributed by atoms with Gasteiger partial charge in [0.2, 0.25) is 0 Å². The molecule has 0 aliphatic carbocycles. The van der Waals surface area contributed by atoms with Gasteiger partial charge < -0.3 is 5.73 Å². The van der Waals surface area contributed by atoms with Crippen molar-refractivity contribution in [3.63, 3.8) is 0 Å². The molecule has 6 heteroatoms. The number of aromatic nitrogens is 2. The fourth-order valence-electron chi connectivity index (χ4n) is 2.70. The van der Waals surface area contributed by atoms with Crippen LogP contribution in [-0.2, 0) is 13.6 Å². The number of hydrogen-bond donors (Lipinski definition) is 1. The smallest absolute Gasteiger partial charge is 0.0739 e. The van der Waals surface area contributed by atoms with Crippen LogP contribution in [0.25, 0.3) is 0 Å². The predicted octanol–water partition coefficient (Wildman–Crippen LogP) is 2.47. The van der Waals surface area contributed by atoms with Gasteiger partial charge in [0.1, 0.15) is 0 Å². The van der Waals surface area contributed by atoms with Crippen LogP contribution in [0.1, 0.15) is 31.2 Å². The second kappa shape index (κ2) is 7.07. The zero-order valence-electron chi connectivity index (χ0n) is 11.9. The highest BCUT2D eigenvalue weighted by atomic mass is 79.9. The van der Waals surface area contributed by atoms with E-state index in [0.717, 1.165) is 29.8 Å². The minimum atomic E-state index is 0. The highest BCUT2D eigenvalue weighted by molar-refractivity contribution is 9.10. The van der Waals surface area contributed by atoms with E-state index >= 15 is 0 Å². The summed E-state index contributed by atoms with van der Waals surface area (Å²) in [6.45, 7) is 7.42. The molecular weight excluding hydrogens is 328 g/mol. The van der Waals surface area contributed by atoms with E-state index in [-0.39, 0.29) is 12.4 Å². The third-order valence-corrected chi connectivity index (χ3v) is 5.04. The fraction of sp³-hybridized carbons (Fsp3) is 0.769. The Morgan fingerprint density at radius 3 is 2.42 bits per heavy atom. The first-order chi connectivity index (χ1) is 8.49. The van der Waals surface area contributed by atoms with Crippen LogP contribution in [0.3, 0.4) is 0 Å². The maximum atomic E-state index is 5.98. The Labute approximate surface area is 130 Å². The molecule has 110 valence electrons. The molecule has 1 unspecified atom stereocenters. The van der Waals surface area contributed by atoms with Crippen LogP contribution in [0, 0.1) is 12.8 Å². The molecule has 0 radical (unpaired) electrons. The molecule has 1 fully saturated rings. The standard InChI is InChI=1S/C13H23BrN4.ClH/c1-9(15)11-4-6-18(7-5-11)8-12-13(14)10(2)16-17(12)3;/h9,11H,4-8,15H2,1-3H3;1H. The van der Waals surface area contributed by atoms with Crippen LogP contribution in [0.4, 0.5) is 0 Å². The van der Waals surface area contributed by atoms with E-state index in [1.165, 1.54) is 18.5 Å². The summed E-state index contributed by atoms with van der Waals surface area (Å²) >= 11 is 3.63. The molecule has 4 nitrogen and oxygen atoms in total. The summed E-state index contributed by atoms with van der Waals surface area (Å²) in [5.41, 5.74) is 8.31. The molecule has 19 heavy (non-hydrogen) atoms. The number of nitrogens with two attached hydrogens (primary N) is 1.